The number of hydrogen-bond acceptors (Lipinski definition) is 7. The molecule has 0 atom stereocenters. The zero-order valence-electron chi connectivity index (χ0n) is 21.9. The Labute approximate surface area is 230 Å². The summed E-state index contributed by atoms with van der Waals surface area (Å²) < 4.78 is 6.98. The lowest BCUT2D eigenvalue weighted by Gasteiger charge is -2.37. The van der Waals surface area contributed by atoms with Gasteiger partial charge in [-0.1, -0.05) is 23.7 Å². The molecule has 0 radical (unpaired) electrons. The normalized spacial score (nSPS) is 13.9. The highest BCUT2D eigenvalue weighted by atomic mass is 35.5. The number of piperazine rings is 1. The van der Waals surface area contributed by atoms with Crippen molar-refractivity contribution in [2.75, 3.05) is 36.4 Å². The first kappa shape index (κ1) is 26.3. The van der Waals surface area contributed by atoms with Crippen LogP contribution in [-0.4, -0.2) is 68.3 Å². The number of benzene rings is 1. The molecule has 0 aliphatic carbocycles. The molecule has 10 nitrogen and oxygen atoms in total. The second-order valence-corrected chi connectivity index (χ2v) is 10.6. The number of halogens is 1. The van der Waals surface area contributed by atoms with Crippen molar-refractivity contribution in [3.8, 4) is 11.7 Å². The number of hydrogen-bond donors (Lipinski definition) is 2. The van der Waals surface area contributed by atoms with E-state index in [9.17, 15) is 14.7 Å². The van der Waals surface area contributed by atoms with Crippen molar-refractivity contribution in [3.05, 3.63) is 71.8 Å². The van der Waals surface area contributed by atoms with Crippen LogP contribution < -0.4 is 10.2 Å². The fourth-order valence-corrected chi connectivity index (χ4v) is 4.67. The third-order valence-electron chi connectivity index (χ3n) is 6.31. The van der Waals surface area contributed by atoms with Crippen LogP contribution in [0.15, 0.2) is 61.1 Å². The third kappa shape index (κ3) is 5.61. The quantitative estimate of drug-likeness (QED) is 0.365. The average Bonchev–Trinajstić information content (AvgIpc) is 3.26. The van der Waals surface area contributed by atoms with E-state index >= 15 is 0 Å². The van der Waals surface area contributed by atoms with E-state index in [1.54, 1.807) is 59.9 Å². The van der Waals surface area contributed by atoms with Crippen LogP contribution in [0, 0.1) is 0 Å². The summed E-state index contributed by atoms with van der Waals surface area (Å²) in [7, 11) is 0. The van der Waals surface area contributed by atoms with Gasteiger partial charge in [0.1, 0.15) is 17.1 Å². The Bertz CT molecular complexity index is 1540. The fourth-order valence-electron chi connectivity index (χ4n) is 4.44. The molecular weight excluding hydrogens is 520 g/mol. The van der Waals surface area contributed by atoms with E-state index in [1.165, 1.54) is 4.57 Å². The summed E-state index contributed by atoms with van der Waals surface area (Å²) in [4.78, 5) is 38.1. The molecule has 0 unspecified atom stereocenters. The van der Waals surface area contributed by atoms with Crippen molar-refractivity contribution in [3.63, 3.8) is 0 Å². The predicted molar refractivity (Wildman–Crippen MR) is 150 cm³/mol. The zero-order valence-corrected chi connectivity index (χ0v) is 22.6. The minimum absolute atomic E-state index is 0.0161. The van der Waals surface area contributed by atoms with Crippen molar-refractivity contribution >= 4 is 45.7 Å². The maximum atomic E-state index is 13.2. The molecular formula is C28H29ClN6O4. The van der Waals surface area contributed by atoms with Gasteiger partial charge in [-0.25, -0.2) is 9.78 Å². The number of anilines is 2. The summed E-state index contributed by atoms with van der Waals surface area (Å²) in [5.41, 5.74) is 0.937. The molecule has 1 aliphatic heterocycles. The number of amides is 2. The molecule has 0 bridgehead atoms. The van der Waals surface area contributed by atoms with E-state index in [0.717, 1.165) is 5.69 Å². The summed E-state index contributed by atoms with van der Waals surface area (Å²) in [6.45, 7) is 7.66. The highest BCUT2D eigenvalue weighted by molar-refractivity contribution is 6.35. The third-order valence-corrected chi connectivity index (χ3v) is 6.64. The molecule has 11 heteroatoms. The molecule has 0 spiro atoms. The summed E-state index contributed by atoms with van der Waals surface area (Å²) in [5, 5.41) is 15.4. The highest BCUT2D eigenvalue weighted by Gasteiger charge is 2.27. The summed E-state index contributed by atoms with van der Waals surface area (Å²) in [5.74, 6) is -0.0672. The molecule has 1 aliphatic rings. The van der Waals surface area contributed by atoms with E-state index in [-0.39, 0.29) is 17.7 Å². The standard InChI is InChI=1S/C28H29ClN6O4/c1-28(2,3)39-27(38)34-14-12-33(13-15-34)23-10-11-30-16-22(23)32-25(36)21-8-5-9-24(31-21)35-17-19-18(26(35)37)6-4-7-20(19)29/h4-11,16-17,37H,12-15H2,1-3H3,(H,32,36). The van der Waals surface area contributed by atoms with E-state index in [0.29, 0.717) is 53.5 Å². The Kier molecular flexibility index (Phi) is 7.05. The topological polar surface area (TPSA) is 113 Å². The number of carbonyl (C=O) groups is 2. The first-order chi connectivity index (χ1) is 18.6. The molecule has 1 aromatic carbocycles. The highest BCUT2D eigenvalue weighted by Crippen LogP contribution is 2.34. The van der Waals surface area contributed by atoms with Crippen molar-refractivity contribution < 1.29 is 19.4 Å². The van der Waals surface area contributed by atoms with Gasteiger partial charge in [0.25, 0.3) is 5.91 Å². The number of pyridine rings is 2. The Morgan fingerprint density at radius 3 is 2.49 bits per heavy atom. The van der Waals surface area contributed by atoms with Crippen LogP contribution in [0.4, 0.5) is 16.2 Å². The number of rotatable bonds is 4. The predicted octanol–water partition coefficient (Wildman–Crippen LogP) is 5.09. The van der Waals surface area contributed by atoms with Gasteiger partial charge in [-0.15, -0.1) is 0 Å². The Hall–Kier alpha value is -4.31. The maximum Gasteiger partial charge on any atom is 0.410 e. The number of nitrogens with zero attached hydrogens (tertiary/aromatic N) is 5. The number of carbonyl (C=O) groups excluding carboxylic acids is 2. The van der Waals surface area contributed by atoms with Gasteiger partial charge < -0.3 is 25.0 Å². The van der Waals surface area contributed by atoms with Gasteiger partial charge in [0, 0.05) is 49.3 Å². The number of aromatic hydroxyl groups is 1. The van der Waals surface area contributed by atoms with Gasteiger partial charge in [0.15, 0.2) is 0 Å². The molecule has 4 aromatic rings. The Morgan fingerprint density at radius 2 is 1.77 bits per heavy atom. The number of aromatic nitrogens is 3. The minimum Gasteiger partial charge on any atom is -0.494 e. The Morgan fingerprint density at radius 1 is 1.03 bits per heavy atom. The molecule has 1 saturated heterocycles. The van der Waals surface area contributed by atoms with Crippen LogP contribution in [-0.2, 0) is 4.74 Å². The molecule has 4 heterocycles. The smallest absolute Gasteiger partial charge is 0.410 e. The first-order valence-corrected chi connectivity index (χ1v) is 12.9. The molecule has 39 heavy (non-hydrogen) atoms. The maximum absolute atomic E-state index is 13.2. The van der Waals surface area contributed by atoms with Crippen molar-refractivity contribution in [2.24, 2.45) is 0 Å². The van der Waals surface area contributed by atoms with E-state index < -0.39 is 11.5 Å². The average molecular weight is 549 g/mol. The van der Waals surface area contributed by atoms with E-state index in [2.05, 4.69) is 20.2 Å². The van der Waals surface area contributed by atoms with Gasteiger partial charge >= 0.3 is 6.09 Å². The van der Waals surface area contributed by atoms with Gasteiger partial charge in [-0.2, -0.15) is 0 Å². The molecule has 3 aromatic heterocycles. The zero-order chi connectivity index (χ0) is 27.7. The van der Waals surface area contributed by atoms with Crippen molar-refractivity contribution in [1.82, 2.24) is 19.4 Å². The Balaban J connectivity index is 1.32. The van der Waals surface area contributed by atoms with E-state index in [4.69, 9.17) is 16.3 Å². The lowest BCUT2D eigenvalue weighted by Crippen LogP contribution is -2.50. The summed E-state index contributed by atoms with van der Waals surface area (Å²) in [6, 6.07) is 12.1. The lowest BCUT2D eigenvalue weighted by atomic mass is 10.2. The fraction of sp³-hybridized carbons (Fsp3) is 0.286. The van der Waals surface area contributed by atoms with Crippen LogP contribution in [0.3, 0.4) is 0 Å². The van der Waals surface area contributed by atoms with Crippen molar-refractivity contribution in [1.29, 1.82) is 0 Å². The monoisotopic (exact) mass is 548 g/mol. The lowest BCUT2D eigenvalue weighted by molar-refractivity contribution is 0.0240. The van der Waals surface area contributed by atoms with Gasteiger partial charge in [0.2, 0.25) is 5.88 Å². The number of nitrogens with one attached hydrogen (secondary N) is 1. The summed E-state index contributed by atoms with van der Waals surface area (Å²) >= 11 is 6.29. The van der Waals surface area contributed by atoms with Crippen LogP contribution in [0.2, 0.25) is 5.02 Å². The molecule has 1 fully saturated rings. The largest absolute Gasteiger partial charge is 0.494 e. The minimum atomic E-state index is -0.553. The van der Waals surface area contributed by atoms with Crippen molar-refractivity contribution in [2.45, 2.75) is 26.4 Å². The molecule has 202 valence electrons. The van der Waals surface area contributed by atoms with Crippen LogP contribution in [0.25, 0.3) is 16.6 Å². The second-order valence-electron chi connectivity index (χ2n) is 10.2. The number of fused-ring (bicyclic) bond motifs is 1. The molecule has 0 saturated carbocycles. The SMILES string of the molecule is CC(C)(C)OC(=O)N1CCN(c2ccncc2NC(=O)c2cccc(-n3cc4c(Cl)cccc4c3O)n2)CC1. The number of ether oxygens (including phenoxy) is 1. The van der Waals surface area contributed by atoms with Gasteiger partial charge in [-0.05, 0) is 51.1 Å². The second kappa shape index (κ2) is 10.5. The molecule has 2 N–H and O–H groups in total. The first-order valence-electron chi connectivity index (χ1n) is 12.5. The summed E-state index contributed by atoms with van der Waals surface area (Å²) in [6.07, 6.45) is 4.60. The molecule has 5 rings (SSSR count). The van der Waals surface area contributed by atoms with Gasteiger partial charge in [0.05, 0.1) is 22.6 Å². The van der Waals surface area contributed by atoms with Gasteiger partial charge in [-0.3, -0.25) is 14.3 Å². The van der Waals surface area contributed by atoms with E-state index in [1.807, 2.05) is 26.8 Å². The van der Waals surface area contributed by atoms with Crippen LogP contribution in [0.1, 0.15) is 31.3 Å². The van der Waals surface area contributed by atoms with Crippen LogP contribution in [0.5, 0.6) is 5.88 Å². The van der Waals surface area contributed by atoms with Crippen LogP contribution >= 0.6 is 11.6 Å². The molecule has 2 amide bonds.